The Kier molecular flexibility index (Phi) is 6.74. The Balaban J connectivity index is 1.72. The summed E-state index contributed by atoms with van der Waals surface area (Å²) in [6, 6.07) is 11.2. The fourth-order valence-electron chi connectivity index (χ4n) is 2.11. The number of thioether (sulfide) groups is 1. The van der Waals surface area contributed by atoms with Crippen LogP contribution in [-0.4, -0.2) is 27.2 Å². The zero-order valence-corrected chi connectivity index (χ0v) is 18.7. The highest BCUT2D eigenvalue weighted by Crippen LogP contribution is 2.35. The molecule has 0 atom stereocenters. The van der Waals surface area contributed by atoms with E-state index in [0.717, 1.165) is 20.1 Å². The van der Waals surface area contributed by atoms with E-state index in [1.807, 2.05) is 36.4 Å². The molecule has 4 nitrogen and oxygen atoms in total. The van der Waals surface area contributed by atoms with Crippen LogP contribution in [0.2, 0.25) is 5.02 Å². The fourth-order valence-corrected chi connectivity index (χ4v) is 4.65. The molecule has 1 fully saturated rings. The average Bonchev–Trinajstić information content (AvgIpc) is 2.92. The normalized spacial score (nSPS) is 14.5. The van der Waals surface area contributed by atoms with Crippen molar-refractivity contribution in [3.05, 3.63) is 61.5 Å². The van der Waals surface area contributed by atoms with E-state index in [9.17, 15) is 4.79 Å². The first kappa shape index (κ1) is 19.8. The molecule has 3 rings (SSSR count). The monoisotopic (exact) mass is 532 g/mol. The summed E-state index contributed by atoms with van der Waals surface area (Å²) in [6.45, 7) is 0.412. The number of hydrogen-bond acceptors (Lipinski definition) is 5. The summed E-state index contributed by atoms with van der Waals surface area (Å²) >= 11 is 19.3. The van der Waals surface area contributed by atoms with Crippen LogP contribution in [0.4, 0.5) is 0 Å². The first-order valence-electron chi connectivity index (χ1n) is 7.34. The molecule has 0 bridgehead atoms. The topological polar surface area (TPSA) is 41.9 Å². The number of nitrogens with zero attached hydrogens (tertiary/aromatic N) is 2. The van der Waals surface area contributed by atoms with Crippen LogP contribution in [0.5, 0.6) is 5.75 Å². The molecule has 0 spiro atoms. The van der Waals surface area contributed by atoms with Crippen molar-refractivity contribution in [2.75, 3.05) is 5.75 Å². The molecule has 1 aliphatic rings. The lowest BCUT2D eigenvalue weighted by atomic mass is 10.2. The molecule has 2 aromatic rings. The number of ether oxygens (including phenoxy) is 1. The predicted octanol–water partition coefficient (Wildman–Crippen LogP) is 5.64. The van der Waals surface area contributed by atoms with Gasteiger partial charge < -0.3 is 4.74 Å². The molecule has 0 N–H and O–H groups in total. The molecule has 2 aromatic carbocycles. The number of hydrazone groups is 1. The first-order chi connectivity index (χ1) is 12.4. The number of thiocarbonyl (C=S) groups is 1. The second-order valence-electron chi connectivity index (χ2n) is 5.23. The van der Waals surface area contributed by atoms with E-state index in [0.29, 0.717) is 27.5 Å². The van der Waals surface area contributed by atoms with Gasteiger partial charge in [-0.3, -0.25) is 4.79 Å². The van der Waals surface area contributed by atoms with Crippen LogP contribution in [0, 0.1) is 0 Å². The minimum atomic E-state index is -0.114. The molecule has 1 aliphatic heterocycles. The van der Waals surface area contributed by atoms with Crippen LogP contribution >= 0.6 is 67.4 Å². The summed E-state index contributed by atoms with van der Waals surface area (Å²) in [7, 11) is 0. The zero-order valence-electron chi connectivity index (χ0n) is 13.1. The van der Waals surface area contributed by atoms with E-state index in [4.69, 9.17) is 28.6 Å². The molecule has 0 radical (unpaired) electrons. The lowest BCUT2D eigenvalue weighted by Gasteiger charge is -2.12. The maximum Gasteiger partial charge on any atom is 0.259 e. The van der Waals surface area contributed by atoms with Crippen molar-refractivity contribution in [3.63, 3.8) is 0 Å². The van der Waals surface area contributed by atoms with Gasteiger partial charge in [0.05, 0.1) is 20.9 Å². The third-order valence-electron chi connectivity index (χ3n) is 3.37. The van der Waals surface area contributed by atoms with E-state index in [2.05, 4.69) is 37.0 Å². The van der Waals surface area contributed by atoms with Gasteiger partial charge in [0.15, 0.2) is 4.32 Å². The molecule has 1 saturated heterocycles. The van der Waals surface area contributed by atoms with E-state index in [1.165, 1.54) is 16.8 Å². The maximum absolute atomic E-state index is 11.7. The number of amides is 1. The lowest BCUT2D eigenvalue weighted by Crippen LogP contribution is -2.22. The van der Waals surface area contributed by atoms with Gasteiger partial charge >= 0.3 is 0 Å². The number of benzene rings is 2. The van der Waals surface area contributed by atoms with Crippen LogP contribution < -0.4 is 4.74 Å². The van der Waals surface area contributed by atoms with Crippen molar-refractivity contribution in [3.8, 4) is 5.75 Å². The predicted molar refractivity (Wildman–Crippen MR) is 117 cm³/mol. The highest BCUT2D eigenvalue weighted by atomic mass is 79.9. The van der Waals surface area contributed by atoms with Crippen molar-refractivity contribution in [2.45, 2.75) is 6.61 Å². The van der Waals surface area contributed by atoms with Gasteiger partial charge in [0.25, 0.3) is 5.91 Å². The van der Waals surface area contributed by atoms with Gasteiger partial charge in [0.1, 0.15) is 12.4 Å². The Morgan fingerprint density at radius 3 is 2.50 bits per heavy atom. The van der Waals surface area contributed by atoms with Crippen molar-refractivity contribution in [1.29, 1.82) is 0 Å². The smallest absolute Gasteiger partial charge is 0.259 e. The zero-order chi connectivity index (χ0) is 18.7. The summed E-state index contributed by atoms with van der Waals surface area (Å²) in [5, 5.41) is 6.10. The largest absolute Gasteiger partial charge is 0.487 e. The van der Waals surface area contributed by atoms with Gasteiger partial charge in [-0.1, -0.05) is 47.7 Å². The number of rotatable bonds is 5. The van der Waals surface area contributed by atoms with Gasteiger partial charge in [-0.05, 0) is 67.3 Å². The van der Waals surface area contributed by atoms with Gasteiger partial charge in [-0.2, -0.15) is 10.1 Å². The molecule has 134 valence electrons. The summed E-state index contributed by atoms with van der Waals surface area (Å²) < 4.78 is 7.90. The quantitative estimate of drug-likeness (QED) is 0.368. The SMILES string of the molecule is O=C1CSC(=S)N1/N=C/c1cc(Br)c(OCc2ccc(Cl)cc2)c(Br)c1. The van der Waals surface area contributed by atoms with Crippen LogP contribution in [0.3, 0.4) is 0 Å². The molecule has 9 heteroatoms. The molecular weight excluding hydrogens is 524 g/mol. The summed E-state index contributed by atoms with van der Waals surface area (Å²) in [4.78, 5) is 11.7. The molecule has 26 heavy (non-hydrogen) atoms. The highest BCUT2D eigenvalue weighted by molar-refractivity contribution is 9.11. The molecular formula is C17H11Br2ClN2O2S2. The third kappa shape index (κ3) is 4.86. The second-order valence-corrected chi connectivity index (χ2v) is 8.99. The van der Waals surface area contributed by atoms with Gasteiger partial charge in [0, 0.05) is 5.02 Å². The van der Waals surface area contributed by atoms with Crippen LogP contribution in [0.25, 0.3) is 0 Å². The summed E-state index contributed by atoms with van der Waals surface area (Å²) in [6.07, 6.45) is 1.59. The van der Waals surface area contributed by atoms with Gasteiger partial charge in [-0.25, -0.2) is 0 Å². The molecule has 0 aromatic heterocycles. The molecule has 1 amide bonds. The van der Waals surface area contributed by atoms with Crippen LogP contribution in [-0.2, 0) is 11.4 Å². The van der Waals surface area contributed by atoms with Crippen LogP contribution in [0.1, 0.15) is 11.1 Å². The van der Waals surface area contributed by atoms with E-state index < -0.39 is 0 Å². The Bertz CT molecular complexity index is 852. The fraction of sp³-hybridized carbons (Fsp3) is 0.118. The number of carbonyl (C=O) groups excluding carboxylic acids is 1. The third-order valence-corrected chi connectivity index (χ3v) is 6.14. The first-order valence-corrected chi connectivity index (χ1v) is 10.7. The Morgan fingerprint density at radius 2 is 1.92 bits per heavy atom. The number of carbonyl (C=O) groups is 1. The molecule has 0 saturated carbocycles. The lowest BCUT2D eigenvalue weighted by molar-refractivity contribution is -0.123. The highest BCUT2D eigenvalue weighted by Gasteiger charge is 2.26. The Morgan fingerprint density at radius 1 is 1.27 bits per heavy atom. The summed E-state index contributed by atoms with van der Waals surface area (Å²) in [5.74, 6) is 0.902. The number of hydrogen-bond donors (Lipinski definition) is 0. The molecule has 1 heterocycles. The minimum Gasteiger partial charge on any atom is -0.487 e. The Hall–Kier alpha value is -0.930. The standard InChI is InChI=1S/C17H11Br2ClN2O2S2/c18-13-5-11(7-21-22-15(23)9-26-17(22)25)6-14(19)16(13)24-8-10-1-3-12(20)4-2-10/h1-7H,8-9H2/b21-7+. The second kappa shape index (κ2) is 8.84. The van der Waals surface area contributed by atoms with Gasteiger partial charge in [-0.15, -0.1) is 0 Å². The molecule has 0 unspecified atom stereocenters. The van der Waals surface area contributed by atoms with Crippen molar-refractivity contribution < 1.29 is 9.53 Å². The molecule has 0 aliphatic carbocycles. The Labute approximate surface area is 182 Å². The van der Waals surface area contributed by atoms with E-state index in [-0.39, 0.29) is 5.91 Å². The van der Waals surface area contributed by atoms with E-state index >= 15 is 0 Å². The van der Waals surface area contributed by atoms with Crippen molar-refractivity contribution >= 4 is 83.9 Å². The van der Waals surface area contributed by atoms with Crippen LogP contribution in [0.15, 0.2) is 50.4 Å². The summed E-state index contributed by atoms with van der Waals surface area (Å²) in [5.41, 5.74) is 1.81. The van der Waals surface area contributed by atoms with Crippen molar-refractivity contribution in [1.82, 2.24) is 5.01 Å². The van der Waals surface area contributed by atoms with E-state index in [1.54, 1.807) is 6.21 Å². The minimum absolute atomic E-state index is 0.114. The number of halogens is 3. The average molecular weight is 535 g/mol. The van der Waals surface area contributed by atoms with Crippen molar-refractivity contribution in [2.24, 2.45) is 5.10 Å². The van der Waals surface area contributed by atoms with Gasteiger partial charge in [0.2, 0.25) is 0 Å². The maximum atomic E-state index is 11.7.